The van der Waals surface area contributed by atoms with E-state index in [1.54, 1.807) is 24.3 Å². The van der Waals surface area contributed by atoms with E-state index in [2.05, 4.69) is 10.2 Å². The second kappa shape index (κ2) is 7.47. The number of aryl methyl sites for hydroxylation is 1. The van der Waals surface area contributed by atoms with Gasteiger partial charge in [-0.25, -0.2) is 0 Å². The number of nitrogens with one attached hydrogen (secondary N) is 1. The Morgan fingerprint density at radius 3 is 3.00 bits per heavy atom. The number of H-pyrrole nitrogens is 1. The Labute approximate surface area is 124 Å². The van der Waals surface area contributed by atoms with E-state index in [1.165, 1.54) is 5.56 Å². The number of rotatable bonds is 7. The quantitative estimate of drug-likeness (QED) is 0.796. The van der Waals surface area contributed by atoms with Crippen molar-refractivity contribution in [1.82, 2.24) is 15.1 Å². The molecule has 0 atom stereocenters. The first-order valence-electron chi connectivity index (χ1n) is 7.06. The molecule has 0 saturated carbocycles. The molecule has 1 aromatic carbocycles. The van der Waals surface area contributed by atoms with Gasteiger partial charge in [0.1, 0.15) is 5.75 Å². The molecule has 2 rings (SSSR count). The number of aromatic amines is 1. The third kappa shape index (κ3) is 4.95. The molecule has 1 heterocycles. The predicted molar refractivity (Wildman–Crippen MR) is 81.0 cm³/mol. The molecule has 112 valence electrons. The molecule has 5 nitrogen and oxygen atoms in total. The van der Waals surface area contributed by atoms with Gasteiger partial charge in [-0.2, -0.15) is 5.10 Å². The molecule has 1 aromatic heterocycles. The van der Waals surface area contributed by atoms with E-state index >= 15 is 0 Å². The molecule has 0 unspecified atom stereocenters. The Balaban J connectivity index is 1.67. The van der Waals surface area contributed by atoms with E-state index in [4.69, 9.17) is 4.74 Å². The average molecular weight is 287 g/mol. The number of nitrogens with zero attached hydrogens (tertiary/aromatic N) is 2. The van der Waals surface area contributed by atoms with Crippen molar-refractivity contribution >= 4 is 5.91 Å². The Hall–Kier alpha value is -2.30. The van der Waals surface area contributed by atoms with E-state index in [0.29, 0.717) is 26.0 Å². The minimum absolute atomic E-state index is 0.115. The van der Waals surface area contributed by atoms with Gasteiger partial charge < -0.3 is 9.64 Å². The van der Waals surface area contributed by atoms with Crippen LogP contribution in [0.2, 0.25) is 0 Å². The number of ether oxygens (including phenoxy) is 1. The Kier molecular flexibility index (Phi) is 5.37. The Bertz CT molecular complexity index is 567. The summed E-state index contributed by atoms with van der Waals surface area (Å²) in [6.07, 6.45) is 4.72. The number of carbonyl (C=O) groups excluding carboxylic acids is 1. The van der Waals surface area contributed by atoms with E-state index in [9.17, 15) is 4.79 Å². The highest BCUT2D eigenvalue weighted by atomic mass is 16.5. The summed E-state index contributed by atoms with van der Waals surface area (Å²) in [5.74, 6) is 0.971. The summed E-state index contributed by atoms with van der Waals surface area (Å²) in [6.45, 7) is 3.16. The van der Waals surface area contributed by atoms with E-state index in [1.807, 2.05) is 31.2 Å². The number of amides is 1. The highest BCUT2D eigenvalue weighted by Gasteiger charge is 2.09. The van der Waals surface area contributed by atoms with Gasteiger partial charge in [-0.3, -0.25) is 9.89 Å². The van der Waals surface area contributed by atoms with Crippen molar-refractivity contribution in [3.8, 4) is 5.75 Å². The molecule has 0 aliphatic carbocycles. The van der Waals surface area contributed by atoms with Gasteiger partial charge in [-0.05, 0) is 31.0 Å². The normalized spacial score (nSPS) is 10.4. The number of benzene rings is 1. The highest BCUT2D eigenvalue weighted by molar-refractivity contribution is 5.75. The van der Waals surface area contributed by atoms with Crippen LogP contribution in [0.15, 0.2) is 36.7 Å². The van der Waals surface area contributed by atoms with Gasteiger partial charge in [0.25, 0.3) is 0 Å². The minimum Gasteiger partial charge on any atom is -0.494 e. The third-order valence-corrected chi connectivity index (χ3v) is 3.19. The number of hydrogen-bond donors (Lipinski definition) is 1. The third-order valence-electron chi connectivity index (χ3n) is 3.19. The van der Waals surface area contributed by atoms with Crippen molar-refractivity contribution in [2.24, 2.45) is 0 Å². The first kappa shape index (κ1) is 15.1. The average Bonchev–Trinajstić information content (AvgIpc) is 2.96. The largest absolute Gasteiger partial charge is 0.494 e. The van der Waals surface area contributed by atoms with Crippen LogP contribution in [0, 0.1) is 6.92 Å². The van der Waals surface area contributed by atoms with Gasteiger partial charge >= 0.3 is 0 Å². The molecule has 0 saturated heterocycles. The van der Waals surface area contributed by atoms with Crippen LogP contribution in [0.3, 0.4) is 0 Å². The van der Waals surface area contributed by atoms with Crippen molar-refractivity contribution in [2.75, 3.05) is 13.7 Å². The summed E-state index contributed by atoms with van der Waals surface area (Å²) < 4.78 is 5.64. The van der Waals surface area contributed by atoms with Gasteiger partial charge in [-0.1, -0.05) is 12.1 Å². The van der Waals surface area contributed by atoms with Crippen LogP contribution >= 0.6 is 0 Å². The lowest BCUT2D eigenvalue weighted by molar-refractivity contribution is -0.130. The molecule has 2 aromatic rings. The topological polar surface area (TPSA) is 58.2 Å². The smallest absolute Gasteiger partial charge is 0.222 e. The fourth-order valence-electron chi connectivity index (χ4n) is 2.04. The van der Waals surface area contributed by atoms with Gasteiger partial charge in [-0.15, -0.1) is 0 Å². The fourth-order valence-corrected chi connectivity index (χ4v) is 2.04. The van der Waals surface area contributed by atoms with Crippen LogP contribution < -0.4 is 4.74 Å². The maximum Gasteiger partial charge on any atom is 0.222 e. The predicted octanol–water partition coefficient (Wildman–Crippen LogP) is 2.54. The molecule has 5 heteroatoms. The van der Waals surface area contributed by atoms with Crippen molar-refractivity contribution in [2.45, 2.75) is 26.3 Å². The lowest BCUT2D eigenvalue weighted by atomic mass is 10.2. The molecule has 0 aliphatic rings. The van der Waals surface area contributed by atoms with Crippen molar-refractivity contribution < 1.29 is 9.53 Å². The lowest BCUT2D eigenvalue weighted by Crippen LogP contribution is -2.26. The second-order valence-corrected chi connectivity index (χ2v) is 5.12. The van der Waals surface area contributed by atoms with E-state index < -0.39 is 0 Å². The minimum atomic E-state index is 0.115. The summed E-state index contributed by atoms with van der Waals surface area (Å²) in [5, 5.41) is 6.61. The molecule has 0 bridgehead atoms. The van der Waals surface area contributed by atoms with Crippen LogP contribution in [0.4, 0.5) is 0 Å². The standard InChI is InChI=1S/C16H21N3O2/c1-13-5-3-6-15(9-13)21-8-4-7-16(20)19(2)12-14-10-17-18-11-14/h3,5-6,9-11H,4,7-8,12H2,1-2H3,(H,17,18). The fraction of sp³-hybridized carbons (Fsp3) is 0.375. The molecule has 1 N–H and O–H groups in total. The first-order valence-corrected chi connectivity index (χ1v) is 7.06. The number of hydrogen-bond acceptors (Lipinski definition) is 3. The van der Waals surface area contributed by atoms with E-state index in [0.717, 1.165) is 11.3 Å². The SMILES string of the molecule is Cc1cccc(OCCCC(=O)N(C)Cc2cn[nH]c2)c1. The monoisotopic (exact) mass is 287 g/mol. The van der Waals surface area contributed by atoms with Crippen LogP contribution in [-0.2, 0) is 11.3 Å². The van der Waals surface area contributed by atoms with Gasteiger partial charge in [0.05, 0.1) is 12.8 Å². The van der Waals surface area contributed by atoms with Crippen LogP contribution in [0.5, 0.6) is 5.75 Å². The molecular weight excluding hydrogens is 266 g/mol. The molecule has 21 heavy (non-hydrogen) atoms. The first-order chi connectivity index (χ1) is 10.1. The molecule has 0 aliphatic heterocycles. The summed E-state index contributed by atoms with van der Waals surface area (Å²) in [7, 11) is 1.80. The highest BCUT2D eigenvalue weighted by Crippen LogP contribution is 2.13. The zero-order valence-electron chi connectivity index (χ0n) is 12.5. The Morgan fingerprint density at radius 2 is 2.29 bits per heavy atom. The maximum absolute atomic E-state index is 12.0. The lowest BCUT2D eigenvalue weighted by Gasteiger charge is -2.16. The maximum atomic E-state index is 12.0. The summed E-state index contributed by atoms with van der Waals surface area (Å²) in [4.78, 5) is 13.7. The van der Waals surface area contributed by atoms with Gasteiger partial charge in [0.15, 0.2) is 0 Å². The zero-order chi connectivity index (χ0) is 15.1. The van der Waals surface area contributed by atoms with Crippen molar-refractivity contribution in [1.29, 1.82) is 0 Å². The zero-order valence-corrected chi connectivity index (χ0v) is 12.5. The second-order valence-electron chi connectivity index (χ2n) is 5.12. The Morgan fingerprint density at radius 1 is 1.43 bits per heavy atom. The summed E-state index contributed by atoms with van der Waals surface area (Å²) >= 11 is 0. The van der Waals surface area contributed by atoms with Crippen LogP contribution in [0.25, 0.3) is 0 Å². The van der Waals surface area contributed by atoms with Gasteiger partial charge in [0.2, 0.25) is 5.91 Å². The van der Waals surface area contributed by atoms with E-state index in [-0.39, 0.29) is 5.91 Å². The summed E-state index contributed by atoms with van der Waals surface area (Å²) in [6, 6.07) is 7.92. The molecular formula is C16H21N3O2. The molecule has 0 fully saturated rings. The number of aromatic nitrogens is 2. The van der Waals surface area contributed by atoms with Crippen molar-refractivity contribution in [3.63, 3.8) is 0 Å². The van der Waals surface area contributed by atoms with Gasteiger partial charge in [0, 0.05) is 31.8 Å². The molecule has 1 amide bonds. The molecule has 0 spiro atoms. The van der Waals surface area contributed by atoms with Crippen LogP contribution in [0.1, 0.15) is 24.0 Å². The number of carbonyl (C=O) groups is 1. The van der Waals surface area contributed by atoms with Crippen LogP contribution in [-0.4, -0.2) is 34.7 Å². The van der Waals surface area contributed by atoms with Crippen molar-refractivity contribution in [3.05, 3.63) is 47.8 Å². The summed E-state index contributed by atoms with van der Waals surface area (Å²) in [5.41, 5.74) is 2.17. The molecule has 0 radical (unpaired) electrons.